The maximum atomic E-state index is 11.2. The first-order chi connectivity index (χ1) is 11.7. The topological polar surface area (TPSA) is 44.7 Å². The molecule has 128 valence electrons. The first-order valence-corrected chi connectivity index (χ1v) is 8.72. The van der Waals surface area contributed by atoms with E-state index in [0.29, 0.717) is 6.61 Å². The third-order valence-electron chi connectivity index (χ3n) is 4.42. The largest absolute Gasteiger partial charge is 0.369 e. The van der Waals surface area contributed by atoms with Gasteiger partial charge in [-0.25, -0.2) is 0 Å². The van der Waals surface area contributed by atoms with Gasteiger partial charge in [0.1, 0.15) is 0 Å². The van der Waals surface area contributed by atoms with Gasteiger partial charge in [0.25, 0.3) is 0 Å². The highest BCUT2D eigenvalue weighted by molar-refractivity contribution is 5.49. The van der Waals surface area contributed by atoms with Gasteiger partial charge >= 0.3 is 0 Å². The molecule has 1 fully saturated rings. The molecule has 1 aliphatic heterocycles. The number of anilines is 1. The minimum absolute atomic E-state index is 0.505. The molecular weight excluding hydrogens is 300 g/mol. The van der Waals surface area contributed by atoms with Crippen molar-refractivity contribution in [2.75, 3.05) is 37.7 Å². The fraction of sp³-hybridized carbons (Fsp3) is 0.400. The average Bonchev–Trinajstić information content (AvgIpc) is 2.67. The van der Waals surface area contributed by atoms with E-state index in [0.717, 1.165) is 43.7 Å². The summed E-state index contributed by atoms with van der Waals surface area (Å²) in [6.07, 6.45) is 0.855. The SMILES string of the molecule is CCCOC(O)(c1ccccc1)c1ccc(N2CCNCC2)cc1. The minimum atomic E-state index is -1.40. The second-order valence-electron chi connectivity index (χ2n) is 6.14. The third-order valence-corrected chi connectivity index (χ3v) is 4.42. The van der Waals surface area contributed by atoms with E-state index >= 15 is 0 Å². The smallest absolute Gasteiger partial charge is 0.219 e. The lowest BCUT2D eigenvalue weighted by Gasteiger charge is -2.32. The number of hydrogen-bond acceptors (Lipinski definition) is 4. The van der Waals surface area contributed by atoms with Crippen LogP contribution in [-0.4, -0.2) is 37.9 Å². The number of piperazine rings is 1. The minimum Gasteiger partial charge on any atom is -0.369 e. The first kappa shape index (κ1) is 17.0. The van der Waals surface area contributed by atoms with Crippen LogP contribution < -0.4 is 10.2 Å². The summed E-state index contributed by atoms with van der Waals surface area (Å²) in [5.74, 6) is -1.40. The highest BCUT2D eigenvalue weighted by Crippen LogP contribution is 2.32. The van der Waals surface area contributed by atoms with Crippen molar-refractivity contribution in [2.45, 2.75) is 19.1 Å². The Morgan fingerprint density at radius 2 is 1.62 bits per heavy atom. The summed E-state index contributed by atoms with van der Waals surface area (Å²) in [5, 5.41) is 14.6. The molecule has 0 saturated carbocycles. The van der Waals surface area contributed by atoms with Gasteiger partial charge in [-0.15, -0.1) is 0 Å². The number of hydrogen-bond donors (Lipinski definition) is 2. The van der Waals surface area contributed by atoms with Gasteiger partial charge in [-0.2, -0.15) is 0 Å². The summed E-state index contributed by atoms with van der Waals surface area (Å²) in [6.45, 7) is 6.58. The average molecular weight is 326 g/mol. The first-order valence-electron chi connectivity index (χ1n) is 8.72. The van der Waals surface area contributed by atoms with Gasteiger partial charge < -0.3 is 20.1 Å². The van der Waals surface area contributed by atoms with Gasteiger partial charge in [0, 0.05) is 43.0 Å². The van der Waals surface area contributed by atoms with Crippen LogP contribution in [-0.2, 0) is 10.5 Å². The highest BCUT2D eigenvalue weighted by Gasteiger charge is 2.32. The number of rotatable bonds is 6. The summed E-state index contributed by atoms with van der Waals surface area (Å²) < 4.78 is 5.87. The van der Waals surface area contributed by atoms with Crippen molar-refractivity contribution in [1.29, 1.82) is 0 Å². The van der Waals surface area contributed by atoms with Crippen LogP contribution >= 0.6 is 0 Å². The molecule has 2 aromatic rings. The summed E-state index contributed by atoms with van der Waals surface area (Å²) >= 11 is 0. The van der Waals surface area contributed by atoms with E-state index in [9.17, 15) is 5.11 Å². The zero-order valence-corrected chi connectivity index (χ0v) is 14.2. The van der Waals surface area contributed by atoms with Crippen LogP contribution in [0.5, 0.6) is 0 Å². The molecule has 0 spiro atoms. The number of nitrogens with zero attached hydrogens (tertiary/aromatic N) is 1. The molecule has 0 radical (unpaired) electrons. The van der Waals surface area contributed by atoms with Gasteiger partial charge in [-0.3, -0.25) is 0 Å². The van der Waals surface area contributed by atoms with E-state index in [2.05, 4.69) is 22.3 Å². The molecule has 1 atom stereocenters. The van der Waals surface area contributed by atoms with Crippen molar-refractivity contribution in [1.82, 2.24) is 5.32 Å². The quantitative estimate of drug-likeness (QED) is 0.801. The lowest BCUT2D eigenvalue weighted by molar-refractivity contribution is -0.180. The van der Waals surface area contributed by atoms with Crippen molar-refractivity contribution in [3.8, 4) is 0 Å². The van der Waals surface area contributed by atoms with Crippen LogP contribution in [0.25, 0.3) is 0 Å². The molecule has 1 heterocycles. The second kappa shape index (κ2) is 7.79. The van der Waals surface area contributed by atoms with E-state index < -0.39 is 5.79 Å². The molecule has 1 unspecified atom stereocenters. The van der Waals surface area contributed by atoms with E-state index in [-0.39, 0.29) is 0 Å². The molecule has 2 aromatic carbocycles. The zero-order valence-electron chi connectivity index (χ0n) is 14.2. The second-order valence-corrected chi connectivity index (χ2v) is 6.14. The third kappa shape index (κ3) is 3.61. The molecule has 1 saturated heterocycles. The monoisotopic (exact) mass is 326 g/mol. The molecule has 2 N–H and O–H groups in total. The normalized spacial score (nSPS) is 17.5. The predicted octanol–water partition coefficient (Wildman–Crippen LogP) is 2.72. The maximum absolute atomic E-state index is 11.2. The fourth-order valence-corrected chi connectivity index (χ4v) is 3.07. The van der Waals surface area contributed by atoms with Crippen LogP contribution in [0.1, 0.15) is 24.5 Å². The lowest BCUT2D eigenvalue weighted by Crippen LogP contribution is -2.43. The lowest BCUT2D eigenvalue weighted by atomic mass is 9.97. The van der Waals surface area contributed by atoms with E-state index in [1.807, 2.05) is 49.4 Å². The Morgan fingerprint density at radius 3 is 2.25 bits per heavy atom. The van der Waals surface area contributed by atoms with E-state index in [4.69, 9.17) is 4.74 Å². The van der Waals surface area contributed by atoms with E-state index in [1.165, 1.54) is 5.69 Å². The van der Waals surface area contributed by atoms with Gasteiger partial charge in [-0.1, -0.05) is 49.4 Å². The Labute approximate surface area is 144 Å². The Hall–Kier alpha value is -1.88. The zero-order chi connectivity index (χ0) is 16.8. The Morgan fingerprint density at radius 1 is 1.00 bits per heavy atom. The molecular formula is C20H26N2O2. The van der Waals surface area contributed by atoms with Gasteiger partial charge in [0.15, 0.2) is 0 Å². The fourth-order valence-electron chi connectivity index (χ4n) is 3.07. The van der Waals surface area contributed by atoms with Crippen LogP contribution in [0.4, 0.5) is 5.69 Å². The number of ether oxygens (including phenoxy) is 1. The molecule has 3 rings (SSSR count). The number of aliphatic hydroxyl groups is 1. The summed E-state index contributed by atoms with van der Waals surface area (Å²) in [7, 11) is 0. The van der Waals surface area contributed by atoms with Crippen LogP contribution in [0.2, 0.25) is 0 Å². The van der Waals surface area contributed by atoms with Crippen molar-refractivity contribution in [3.63, 3.8) is 0 Å². The van der Waals surface area contributed by atoms with Gasteiger partial charge in [0.2, 0.25) is 5.79 Å². The van der Waals surface area contributed by atoms with Crippen LogP contribution in [0.3, 0.4) is 0 Å². The van der Waals surface area contributed by atoms with Crippen molar-refractivity contribution < 1.29 is 9.84 Å². The summed E-state index contributed by atoms with van der Waals surface area (Å²) in [5.41, 5.74) is 2.71. The molecule has 0 bridgehead atoms. The molecule has 0 aromatic heterocycles. The maximum Gasteiger partial charge on any atom is 0.219 e. The molecule has 0 aliphatic carbocycles. The van der Waals surface area contributed by atoms with Crippen molar-refractivity contribution >= 4 is 5.69 Å². The number of benzene rings is 2. The standard InChI is InChI=1S/C20H26N2O2/c1-2-16-24-20(23,17-6-4-3-5-7-17)18-8-10-19(11-9-18)22-14-12-21-13-15-22/h3-11,21,23H,2,12-16H2,1H3. The van der Waals surface area contributed by atoms with Crippen molar-refractivity contribution in [2.24, 2.45) is 0 Å². The Bertz CT molecular complexity index is 624. The van der Waals surface area contributed by atoms with Gasteiger partial charge in [-0.05, 0) is 18.6 Å². The summed E-state index contributed by atoms with van der Waals surface area (Å²) in [4.78, 5) is 2.36. The Balaban J connectivity index is 1.87. The van der Waals surface area contributed by atoms with Gasteiger partial charge in [0.05, 0.1) is 6.61 Å². The summed E-state index contributed by atoms with van der Waals surface area (Å²) in [6, 6.07) is 17.7. The van der Waals surface area contributed by atoms with E-state index in [1.54, 1.807) is 0 Å². The number of nitrogens with one attached hydrogen (secondary N) is 1. The highest BCUT2D eigenvalue weighted by atomic mass is 16.6. The molecule has 24 heavy (non-hydrogen) atoms. The molecule has 4 nitrogen and oxygen atoms in total. The molecule has 1 aliphatic rings. The predicted molar refractivity (Wildman–Crippen MR) is 97.2 cm³/mol. The van der Waals surface area contributed by atoms with Crippen LogP contribution in [0.15, 0.2) is 54.6 Å². The van der Waals surface area contributed by atoms with Crippen LogP contribution in [0, 0.1) is 0 Å². The van der Waals surface area contributed by atoms with Crippen molar-refractivity contribution in [3.05, 3.63) is 65.7 Å². The Kier molecular flexibility index (Phi) is 5.51. The molecule has 0 amide bonds. The molecule has 4 heteroatoms.